The van der Waals surface area contributed by atoms with Crippen molar-refractivity contribution in [3.05, 3.63) is 65.2 Å². The van der Waals surface area contributed by atoms with Crippen LogP contribution < -0.4 is 10.0 Å². The molecule has 0 radical (unpaired) electrons. The number of halogens is 1. The maximum absolute atomic E-state index is 12.5. The van der Waals surface area contributed by atoms with Crippen LogP contribution in [0.4, 0.5) is 11.6 Å². The van der Waals surface area contributed by atoms with E-state index in [0.717, 1.165) is 36.4 Å². The molecule has 1 fully saturated rings. The summed E-state index contributed by atoms with van der Waals surface area (Å²) in [5, 5.41) is 22.5. The average Bonchev–Trinajstić information content (AvgIpc) is 3.38. The molecule has 0 saturated carbocycles. The summed E-state index contributed by atoms with van der Waals surface area (Å²) in [4.78, 5) is 7.73. The minimum absolute atomic E-state index is 0.103. The van der Waals surface area contributed by atoms with Gasteiger partial charge < -0.3 is 15.3 Å². The first-order valence-corrected chi connectivity index (χ1v) is 13.4. The summed E-state index contributed by atoms with van der Waals surface area (Å²) in [6.45, 7) is 5.80. The summed E-state index contributed by atoms with van der Waals surface area (Å²) >= 11 is 6.32. The number of benzene rings is 3. The molecule has 1 unspecified atom stereocenters. The molecule has 2 heterocycles. The van der Waals surface area contributed by atoms with Crippen LogP contribution in [0, 0.1) is 6.92 Å². The highest BCUT2D eigenvalue weighted by Crippen LogP contribution is 2.37. The van der Waals surface area contributed by atoms with Gasteiger partial charge in [-0.25, -0.2) is 13.9 Å². The van der Waals surface area contributed by atoms with E-state index >= 15 is 0 Å². The van der Waals surface area contributed by atoms with Crippen molar-refractivity contribution in [3.63, 3.8) is 0 Å². The van der Waals surface area contributed by atoms with Crippen molar-refractivity contribution >= 4 is 45.3 Å². The first kappa shape index (κ1) is 24.6. The van der Waals surface area contributed by atoms with E-state index in [1.54, 1.807) is 18.2 Å². The number of aromatic nitrogens is 3. The number of fused-ring (bicyclic) bond motifs is 1. The Morgan fingerprint density at radius 1 is 1.08 bits per heavy atom. The second kappa shape index (κ2) is 10.9. The van der Waals surface area contributed by atoms with E-state index in [1.165, 1.54) is 12.8 Å². The minimum atomic E-state index is -1.26. The van der Waals surface area contributed by atoms with Gasteiger partial charge >= 0.3 is 0 Å². The van der Waals surface area contributed by atoms with Crippen molar-refractivity contribution in [2.45, 2.75) is 24.7 Å². The van der Waals surface area contributed by atoms with Gasteiger partial charge in [-0.15, -0.1) is 10.2 Å². The zero-order chi connectivity index (χ0) is 25.1. The van der Waals surface area contributed by atoms with Crippen molar-refractivity contribution in [1.29, 1.82) is 0 Å². The number of hydrogen-bond donors (Lipinski definition) is 3. The van der Waals surface area contributed by atoms with E-state index in [9.17, 15) is 9.32 Å². The zero-order valence-corrected chi connectivity index (χ0v) is 21.4. The number of rotatable bonds is 8. The molecule has 4 aromatic rings. The SMILES string of the molecule is Cc1cc(-c2c(O)cccc2Cl)cc2nnc(Nc3ccc(S(=O)NCCN4CCCC4)cc3)nc12. The van der Waals surface area contributed by atoms with E-state index in [2.05, 4.69) is 30.1 Å². The molecule has 0 aliphatic carbocycles. The predicted molar refractivity (Wildman–Crippen MR) is 144 cm³/mol. The fourth-order valence-corrected chi connectivity index (χ4v) is 5.49. The first-order valence-electron chi connectivity index (χ1n) is 11.9. The number of anilines is 2. The van der Waals surface area contributed by atoms with Crippen LogP contribution in [0.5, 0.6) is 5.75 Å². The van der Waals surface area contributed by atoms with Gasteiger partial charge in [-0.2, -0.15) is 0 Å². The molecule has 3 N–H and O–H groups in total. The third-order valence-electron chi connectivity index (χ3n) is 6.22. The number of aromatic hydroxyl groups is 1. The molecule has 1 atom stereocenters. The third kappa shape index (κ3) is 5.49. The highest BCUT2D eigenvalue weighted by Gasteiger charge is 2.14. The summed E-state index contributed by atoms with van der Waals surface area (Å²) < 4.78 is 15.6. The van der Waals surface area contributed by atoms with Gasteiger partial charge in [0.15, 0.2) is 0 Å². The topological polar surface area (TPSA) is 103 Å². The van der Waals surface area contributed by atoms with Gasteiger partial charge in [0.25, 0.3) is 0 Å². The van der Waals surface area contributed by atoms with Gasteiger partial charge in [0, 0.05) is 24.3 Å². The Hall–Kier alpha value is -3.11. The van der Waals surface area contributed by atoms with Crippen molar-refractivity contribution in [3.8, 4) is 16.9 Å². The average molecular weight is 523 g/mol. The Bertz CT molecular complexity index is 1390. The Balaban J connectivity index is 1.27. The van der Waals surface area contributed by atoms with E-state index in [-0.39, 0.29) is 5.75 Å². The fourth-order valence-electron chi connectivity index (χ4n) is 4.38. The Labute approximate surface area is 217 Å². The molecule has 1 aromatic heterocycles. The van der Waals surface area contributed by atoms with Gasteiger partial charge in [0.2, 0.25) is 5.95 Å². The quantitative estimate of drug-likeness (QED) is 0.305. The predicted octanol–water partition coefficient (Wildman–Crippen LogP) is 4.81. The lowest BCUT2D eigenvalue weighted by Crippen LogP contribution is -2.30. The molecular weight excluding hydrogens is 496 g/mol. The number of hydrogen-bond acceptors (Lipinski definition) is 7. The number of nitrogens with one attached hydrogen (secondary N) is 2. The fraction of sp³-hybridized carbons (Fsp3) is 0.269. The lowest BCUT2D eigenvalue weighted by atomic mass is 10.0. The highest BCUT2D eigenvalue weighted by molar-refractivity contribution is 7.83. The monoisotopic (exact) mass is 522 g/mol. The molecule has 1 aliphatic heterocycles. The van der Waals surface area contributed by atoms with Crippen LogP contribution in [0.1, 0.15) is 18.4 Å². The van der Waals surface area contributed by atoms with Crippen LogP contribution in [-0.2, 0) is 11.0 Å². The third-order valence-corrected chi connectivity index (χ3v) is 7.70. The lowest BCUT2D eigenvalue weighted by molar-refractivity contribution is 0.345. The maximum atomic E-state index is 12.5. The number of likely N-dealkylation sites (tertiary alicyclic amines) is 1. The van der Waals surface area contributed by atoms with Crippen molar-refractivity contribution in [1.82, 2.24) is 24.8 Å². The van der Waals surface area contributed by atoms with Crippen LogP contribution in [0.25, 0.3) is 22.2 Å². The van der Waals surface area contributed by atoms with Gasteiger partial charge in [-0.3, -0.25) is 0 Å². The van der Waals surface area contributed by atoms with Gasteiger partial charge in [0.05, 0.1) is 15.4 Å². The number of aryl methyl sites for hydroxylation is 1. The van der Waals surface area contributed by atoms with Crippen molar-refractivity contribution < 1.29 is 9.32 Å². The zero-order valence-electron chi connectivity index (χ0n) is 19.9. The molecule has 36 heavy (non-hydrogen) atoms. The highest BCUT2D eigenvalue weighted by atomic mass is 35.5. The smallest absolute Gasteiger partial charge is 0.247 e. The van der Waals surface area contributed by atoms with Crippen LogP contribution in [0.3, 0.4) is 0 Å². The van der Waals surface area contributed by atoms with Crippen LogP contribution in [0.15, 0.2) is 59.5 Å². The summed E-state index contributed by atoms with van der Waals surface area (Å²) in [6, 6.07) is 16.1. The van der Waals surface area contributed by atoms with E-state index in [1.807, 2.05) is 43.3 Å². The summed E-state index contributed by atoms with van der Waals surface area (Å²) in [7, 11) is -1.26. The Morgan fingerprint density at radius 2 is 1.86 bits per heavy atom. The maximum Gasteiger partial charge on any atom is 0.247 e. The number of nitrogens with zero attached hydrogens (tertiary/aromatic N) is 4. The molecular formula is C26H27ClN6O2S. The largest absolute Gasteiger partial charge is 0.507 e. The molecule has 0 spiro atoms. The molecule has 5 rings (SSSR count). The van der Waals surface area contributed by atoms with Crippen molar-refractivity contribution in [2.75, 3.05) is 31.5 Å². The second-order valence-corrected chi connectivity index (χ2v) is 10.5. The molecule has 0 amide bonds. The summed E-state index contributed by atoms with van der Waals surface area (Å²) in [5.74, 6) is 0.461. The number of phenolic OH excluding ortho intramolecular Hbond substituents is 1. The molecule has 186 valence electrons. The first-order chi connectivity index (χ1) is 17.5. The van der Waals surface area contributed by atoms with Gasteiger partial charge in [-0.1, -0.05) is 17.7 Å². The Morgan fingerprint density at radius 3 is 2.61 bits per heavy atom. The molecule has 8 nitrogen and oxygen atoms in total. The number of phenols is 1. The second-order valence-electron chi connectivity index (χ2n) is 8.79. The molecule has 1 aliphatic rings. The van der Waals surface area contributed by atoms with Crippen LogP contribution >= 0.6 is 11.6 Å². The van der Waals surface area contributed by atoms with Crippen LogP contribution in [-0.4, -0.2) is 55.6 Å². The standard InChI is InChI=1S/C26H27ClN6O2S/c1-17-15-18(24-21(27)5-4-6-23(24)34)16-22-25(17)30-26(32-31-22)29-19-7-9-20(10-8-19)36(35)28-11-14-33-12-2-3-13-33/h4-10,15-16,28,34H,2-3,11-14H2,1H3,(H,29,30,32). The van der Waals surface area contributed by atoms with Crippen molar-refractivity contribution in [2.24, 2.45) is 0 Å². The minimum Gasteiger partial charge on any atom is -0.507 e. The molecule has 3 aromatic carbocycles. The summed E-state index contributed by atoms with van der Waals surface area (Å²) in [6.07, 6.45) is 2.50. The molecule has 1 saturated heterocycles. The van der Waals surface area contributed by atoms with E-state index < -0.39 is 11.0 Å². The summed E-state index contributed by atoms with van der Waals surface area (Å²) in [5.41, 5.74) is 4.24. The van der Waals surface area contributed by atoms with Gasteiger partial charge in [0.1, 0.15) is 22.3 Å². The molecule has 10 heteroatoms. The van der Waals surface area contributed by atoms with E-state index in [4.69, 9.17) is 11.6 Å². The molecule has 0 bridgehead atoms. The normalized spacial score (nSPS) is 14.8. The van der Waals surface area contributed by atoms with Gasteiger partial charge in [-0.05, 0) is 92.5 Å². The lowest BCUT2D eigenvalue weighted by Gasteiger charge is -2.14. The van der Waals surface area contributed by atoms with Crippen LogP contribution in [0.2, 0.25) is 5.02 Å². The Kier molecular flexibility index (Phi) is 7.43. The van der Waals surface area contributed by atoms with E-state index in [0.29, 0.717) is 39.0 Å².